The summed E-state index contributed by atoms with van der Waals surface area (Å²) in [5.41, 5.74) is 2.07. The SMILES string of the molecule is O=C(c1cn2ccccc2n1)N(CC1CCCO1)c1nc2ccccc2s1. The van der Waals surface area contributed by atoms with Gasteiger partial charge in [-0.1, -0.05) is 29.5 Å². The number of carbonyl (C=O) groups is 1. The Bertz CT molecular complexity index is 1050. The van der Waals surface area contributed by atoms with Gasteiger partial charge in [0, 0.05) is 19.0 Å². The van der Waals surface area contributed by atoms with Crippen molar-refractivity contribution in [3.63, 3.8) is 0 Å². The first-order chi connectivity index (χ1) is 13.3. The van der Waals surface area contributed by atoms with Gasteiger partial charge in [-0.05, 0) is 37.1 Å². The highest BCUT2D eigenvalue weighted by Crippen LogP contribution is 2.30. The molecule has 4 aromatic rings. The molecule has 1 fully saturated rings. The highest BCUT2D eigenvalue weighted by molar-refractivity contribution is 7.22. The molecule has 3 aromatic heterocycles. The highest BCUT2D eigenvalue weighted by Gasteiger charge is 2.28. The molecular weight excluding hydrogens is 360 g/mol. The van der Waals surface area contributed by atoms with Gasteiger partial charge in [-0.15, -0.1) is 0 Å². The van der Waals surface area contributed by atoms with Crippen LogP contribution in [0.25, 0.3) is 15.9 Å². The summed E-state index contributed by atoms with van der Waals surface area (Å²) in [7, 11) is 0. The van der Waals surface area contributed by atoms with E-state index in [9.17, 15) is 4.79 Å². The fourth-order valence-corrected chi connectivity index (χ4v) is 4.36. The van der Waals surface area contributed by atoms with Crippen molar-refractivity contribution in [2.75, 3.05) is 18.1 Å². The number of rotatable bonds is 4. The number of amides is 1. The quantitative estimate of drug-likeness (QED) is 0.542. The number of hydrogen-bond acceptors (Lipinski definition) is 5. The van der Waals surface area contributed by atoms with Crippen LogP contribution >= 0.6 is 11.3 Å². The van der Waals surface area contributed by atoms with Crippen molar-refractivity contribution >= 4 is 38.2 Å². The molecule has 6 nitrogen and oxygen atoms in total. The Morgan fingerprint density at radius 2 is 2.11 bits per heavy atom. The maximum Gasteiger partial charge on any atom is 0.280 e. The molecule has 1 saturated heterocycles. The number of hydrogen-bond donors (Lipinski definition) is 0. The minimum absolute atomic E-state index is 0.0398. The Morgan fingerprint density at radius 3 is 2.93 bits per heavy atom. The average molecular weight is 378 g/mol. The number of nitrogens with zero attached hydrogens (tertiary/aromatic N) is 4. The Balaban J connectivity index is 1.54. The molecule has 0 radical (unpaired) electrons. The van der Waals surface area contributed by atoms with Gasteiger partial charge in [-0.2, -0.15) is 0 Å². The third kappa shape index (κ3) is 3.09. The van der Waals surface area contributed by atoms with Crippen LogP contribution in [0.2, 0.25) is 0 Å². The Morgan fingerprint density at radius 1 is 1.22 bits per heavy atom. The lowest BCUT2D eigenvalue weighted by atomic mass is 10.2. The topological polar surface area (TPSA) is 59.7 Å². The third-order valence-corrected chi connectivity index (χ3v) is 5.81. The Kier molecular flexibility index (Phi) is 4.10. The van der Waals surface area contributed by atoms with Gasteiger partial charge in [0.15, 0.2) is 5.13 Å². The largest absolute Gasteiger partial charge is 0.376 e. The Labute approximate surface area is 160 Å². The van der Waals surface area contributed by atoms with Crippen molar-refractivity contribution < 1.29 is 9.53 Å². The van der Waals surface area contributed by atoms with Gasteiger partial charge in [0.1, 0.15) is 11.3 Å². The van der Waals surface area contributed by atoms with Crippen molar-refractivity contribution in [1.82, 2.24) is 14.4 Å². The summed E-state index contributed by atoms with van der Waals surface area (Å²) in [5, 5.41) is 0.689. The predicted molar refractivity (Wildman–Crippen MR) is 105 cm³/mol. The molecular formula is C20H18N4O2S. The number of imidazole rings is 1. The van der Waals surface area contributed by atoms with Gasteiger partial charge >= 0.3 is 0 Å². The van der Waals surface area contributed by atoms with Gasteiger partial charge in [0.2, 0.25) is 0 Å². The van der Waals surface area contributed by atoms with E-state index in [1.807, 2.05) is 53.1 Å². The molecule has 5 rings (SSSR count). The molecule has 0 N–H and O–H groups in total. The molecule has 4 heterocycles. The zero-order valence-electron chi connectivity index (χ0n) is 14.6. The van der Waals surface area contributed by atoms with Crippen molar-refractivity contribution in [2.24, 2.45) is 0 Å². The fourth-order valence-electron chi connectivity index (χ4n) is 3.39. The summed E-state index contributed by atoms with van der Waals surface area (Å²) in [6.07, 6.45) is 5.69. The molecule has 0 aliphatic carbocycles. The number of anilines is 1. The van der Waals surface area contributed by atoms with Crippen LogP contribution in [-0.4, -0.2) is 39.5 Å². The van der Waals surface area contributed by atoms with E-state index in [1.165, 1.54) is 11.3 Å². The van der Waals surface area contributed by atoms with Crippen LogP contribution in [0.4, 0.5) is 5.13 Å². The van der Waals surface area contributed by atoms with Crippen LogP contribution in [0.3, 0.4) is 0 Å². The number of ether oxygens (including phenoxy) is 1. The van der Waals surface area contributed by atoms with Crippen molar-refractivity contribution in [1.29, 1.82) is 0 Å². The summed E-state index contributed by atoms with van der Waals surface area (Å²) in [4.78, 5) is 24.2. The van der Waals surface area contributed by atoms with Crippen LogP contribution in [0.1, 0.15) is 23.3 Å². The van der Waals surface area contributed by atoms with Crippen LogP contribution in [0.15, 0.2) is 54.9 Å². The van der Waals surface area contributed by atoms with Gasteiger partial charge in [-0.3, -0.25) is 9.69 Å². The van der Waals surface area contributed by atoms with E-state index in [4.69, 9.17) is 4.74 Å². The van der Waals surface area contributed by atoms with E-state index < -0.39 is 0 Å². The van der Waals surface area contributed by atoms with E-state index in [0.717, 1.165) is 35.3 Å². The minimum Gasteiger partial charge on any atom is -0.376 e. The molecule has 0 saturated carbocycles. The van der Waals surface area contributed by atoms with Crippen LogP contribution < -0.4 is 4.90 Å². The van der Waals surface area contributed by atoms with Crippen LogP contribution in [-0.2, 0) is 4.74 Å². The maximum atomic E-state index is 13.3. The molecule has 1 aliphatic rings. The van der Waals surface area contributed by atoms with Crippen molar-refractivity contribution in [2.45, 2.75) is 18.9 Å². The third-order valence-electron chi connectivity index (χ3n) is 4.75. The van der Waals surface area contributed by atoms with Gasteiger partial charge in [0.25, 0.3) is 5.91 Å². The number of aromatic nitrogens is 3. The standard InChI is InChI=1S/C20H18N4O2S/c25-19(16-13-23-10-4-3-9-18(23)21-16)24(12-14-6-5-11-26-14)20-22-15-7-1-2-8-17(15)27-20/h1-4,7-10,13-14H,5-6,11-12H2. The molecule has 0 bridgehead atoms. The second kappa shape index (κ2) is 6.75. The summed E-state index contributed by atoms with van der Waals surface area (Å²) < 4.78 is 8.70. The number of pyridine rings is 1. The second-order valence-corrected chi connectivity index (χ2v) is 7.62. The lowest BCUT2D eigenvalue weighted by Crippen LogP contribution is -2.37. The van der Waals surface area contributed by atoms with Crippen LogP contribution in [0.5, 0.6) is 0 Å². The van der Waals surface area contributed by atoms with E-state index in [-0.39, 0.29) is 12.0 Å². The van der Waals surface area contributed by atoms with E-state index in [0.29, 0.717) is 17.4 Å². The van der Waals surface area contributed by atoms with Gasteiger partial charge < -0.3 is 9.14 Å². The number of carbonyl (C=O) groups excluding carboxylic acids is 1. The number of para-hydroxylation sites is 1. The predicted octanol–water partition coefficient (Wildman–Crippen LogP) is 3.77. The minimum atomic E-state index is -0.145. The zero-order valence-corrected chi connectivity index (χ0v) is 15.4. The molecule has 136 valence electrons. The van der Waals surface area contributed by atoms with E-state index in [2.05, 4.69) is 9.97 Å². The Hall–Kier alpha value is -2.77. The van der Waals surface area contributed by atoms with Crippen molar-refractivity contribution in [3.05, 3.63) is 60.6 Å². The average Bonchev–Trinajstić information content (AvgIpc) is 3.44. The van der Waals surface area contributed by atoms with Gasteiger partial charge in [-0.25, -0.2) is 9.97 Å². The van der Waals surface area contributed by atoms with E-state index in [1.54, 1.807) is 11.1 Å². The second-order valence-electron chi connectivity index (χ2n) is 6.61. The van der Waals surface area contributed by atoms with E-state index >= 15 is 0 Å². The first-order valence-electron chi connectivity index (χ1n) is 9.01. The molecule has 1 amide bonds. The monoisotopic (exact) mass is 378 g/mol. The molecule has 0 spiro atoms. The first kappa shape index (κ1) is 16.4. The lowest BCUT2D eigenvalue weighted by Gasteiger charge is -2.22. The van der Waals surface area contributed by atoms with Crippen molar-refractivity contribution in [3.8, 4) is 0 Å². The molecule has 7 heteroatoms. The molecule has 1 aromatic carbocycles. The summed E-state index contributed by atoms with van der Waals surface area (Å²) in [5.74, 6) is -0.145. The molecule has 1 unspecified atom stereocenters. The maximum absolute atomic E-state index is 13.3. The molecule has 1 aliphatic heterocycles. The molecule has 1 atom stereocenters. The number of fused-ring (bicyclic) bond motifs is 2. The van der Waals surface area contributed by atoms with Gasteiger partial charge in [0.05, 0.1) is 22.9 Å². The highest BCUT2D eigenvalue weighted by atomic mass is 32.1. The zero-order chi connectivity index (χ0) is 18.2. The lowest BCUT2D eigenvalue weighted by molar-refractivity contribution is 0.0914. The fraction of sp³-hybridized carbons (Fsp3) is 0.250. The first-order valence-corrected chi connectivity index (χ1v) is 9.82. The van der Waals surface area contributed by atoms with Crippen LogP contribution in [0, 0.1) is 0 Å². The number of benzene rings is 1. The summed E-state index contributed by atoms with van der Waals surface area (Å²) in [6.45, 7) is 1.24. The molecule has 27 heavy (non-hydrogen) atoms. The number of thiazole rings is 1. The normalized spacial score (nSPS) is 17.0. The summed E-state index contributed by atoms with van der Waals surface area (Å²) >= 11 is 1.52. The smallest absolute Gasteiger partial charge is 0.280 e. The summed E-state index contributed by atoms with van der Waals surface area (Å²) in [6, 6.07) is 13.7.